The molecule has 2 radical (unpaired) electrons. The molecule has 18 nitrogen and oxygen atoms in total. The number of hydrogen-bond acceptors (Lipinski definition) is 13. The fourth-order valence-electron chi connectivity index (χ4n) is 3.04. The summed E-state index contributed by atoms with van der Waals surface area (Å²) in [5, 5.41) is 20.6. The van der Waals surface area contributed by atoms with Crippen molar-refractivity contribution in [2.24, 2.45) is 7.05 Å². The predicted octanol–water partition coefficient (Wildman–Crippen LogP) is -3.36. The van der Waals surface area contributed by atoms with Gasteiger partial charge in [-0.25, -0.2) is 17.8 Å². The van der Waals surface area contributed by atoms with Gasteiger partial charge in [-0.05, 0) is 0 Å². The number of aromatic amines is 1. The van der Waals surface area contributed by atoms with Gasteiger partial charge < -0.3 is 39.9 Å². The van der Waals surface area contributed by atoms with Crippen LogP contribution in [0.25, 0.3) is 11.2 Å². The molecule has 33 heavy (non-hydrogen) atoms. The number of nitrogens with one attached hydrogen (secondary N) is 1. The van der Waals surface area contributed by atoms with Crippen molar-refractivity contribution in [1.82, 2.24) is 14.5 Å². The highest BCUT2D eigenvalue weighted by molar-refractivity contribution is 7.84. The lowest BCUT2D eigenvalue weighted by atomic mass is 10.1. The van der Waals surface area contributed by atoms with Crippen LogP contribution >= 0.6 is 23.1 Å². The number of aliphatic hydroxyl groups is 2. The van der Waals surface area contributed by atoms with Gasteiger partial charge in [-0.3, -0.25) is 23.5 Å². The maximum Gasteiger partial charge on any atom is 0.476 e. The minimum atomic E-state index is -5.86. The van der Waals surface area contributed by atoms with E-state index in [4.69, 9.17) is 27.8 Å². The highest BCUT2D eigenvalue weighted by Crippen LogP contribution is 2.63. The molecule has 182 valence electrons. The van der Waals surface area contributed by atoms with Gasteiger partial charge in [-0.1, -0.05) is 4.98 Å². The Morgan fingerprint density at radius 1 is 1.33 bits per heavy atom. The van der Waals surface area contributed by atoms with Crippen LogP contribution in [-0.4, -0.2) is 67.0 Å². The molecular formula is C11H17BN5O13P3. The van der Waals surface area contributed by atoms with Gasteiger partial charge in [0.05, 0.1) is 13.7 Å². The van der Waals surface area contributed by atoms with Crippen molar-refractivity contribution in [2.75, 3.05) is 12.3 Å². The molecular weight excluding hydrogens is 514 g/mol. The maximum atomic E-state index is 12.1. The standard InChI is InChI=1S/C11H17BN5O13P3/c1-16-3-17(8-5(16)9(20)15-11(13)14-8)10-7(19)6(18)4(28-10)2-27-31(12,21)29-33(25,26)30-32(22,23)24/h3-4,6-7,10,18-19H,2H2,1H3,(H5-,13,14,15,20,22,23,24,25,26)/t4-,6-,7-,10-,31-/m1/s1. The lowest BCUT2D eigenvalue weighted by Crippen LogP contribution is -2.46. The lowest BCUT2D eigenvalue weighted by molar-refractivity contribution is -0.745. The van der Waals surface area contributed by atoms with Crippen molar-refractivity contribution in [1.29, 1.82) is 0 Å². The summed E-state index contributed by atoms with van der Waals surface area (Å²) in [5.74, 6) is -0.235. The molecule has 2 aromatic heterocycles. The zero-order chi connectivity index (χ0) is 24.9. The number of phosphoric acid groups is 2. The number of rotatable bonds is 8. The number of fused-ring (bicyclic) bond motifs is 1. The molecule has 1 fully saturated rings. The molecule has 2 aromatic rings. The van der Waals surface area contributed by atoms with E-state index in [-0.39, 0.29) is 17.1 Å². The second-order valence-electron chi connectivity index (χ2n) is 6.74. The van der Waals surface area contributed by atoms with Gasteiger partial charge >= 0.3 is 13.5 Å². The Hall–Kier alpha value is -1.46. The summed E-state index contributed by atoms with van der Waals surface area (Å²) in [5.41, 5.74) is 5.01. The summed E-state index contributed by atoms with van der Waals surface area (Å²) in [6, 6.07) is 0. The number of aliphatic hydroxyl groups excluding tert-OH is 2. The quantitative estimate of drug-likeness (QED) is 0.110. The molecule has 0 bridgehead atoms. The number of H-pyrrole nitrogens is 1. The van der Waals surface area contributed by atoms with Crippen LogP contribution in [0.3, 0.4) is 0 Å². The molecule has 1 unspecified atom stereocenters. The van der Waals surface area contributed by atoms with Crippen molar-refractivity contribution in [3.8, 4) is 0 Å². The van der Waals surface area contributed by atoms with Crippen LogP contribution in [0.1, 0.15) is 6.23 Å². The molecule has 1 aliphatic heterocycles. The summed E-state index contributed by atoms with van der Waals surface area (Å²) in [6.45, 7) is -0.903. The highest BCUT2D eigenvalue weighted by Gasteiger charge is 2.47. The smallest absolute Gasteiger partial charge is 0.476 e. The van der Waals surface area contributed by atoms with E-state index in [1.54, 1.807) is 0 Å². The van der Waals surface area contributed by atoms with Crippen LogP contribution in [0, 0.1) is 0 Å². The third-order valence-corrected chi connectivity index (χ3v) is 8.11. The fourth-order valence-corrected chi connectivity index (χ4v) is 6.13. The van der Waals surface area contributed by atoms with Crippen molar-refractivity contribution in [2.45, 2.75) is 24.5 Å². The van der Waals surface area contributed by atoms with E-state index in [2.05, 4.69) is 23.1 Å². The molecule has 0 saturated carbocycles. The average Bonchev–Trinajstić information content (AvgIpc) is 3.07. The molecule has 0 amide bonds. The minimum absolute atomic E-state index is 0.00808. The van der Waals surface area contributed by atoms with Crippen molar-refractivity contribution < 1.29 is 61.0 Å². The first-order valence-electron chi connectivity index (χ1n) is 8.60. The number of aromatic nitrogens is 4. The SMILES string of the molecule is [B][P@@](=O)(OC[C@H]1O[C@@H]([n+]2cn(C)c3c(=O)[nH]c(N)nc32)[C@H](O)[C@@H]1O)OP(=O)([O-])OP(=O)(O)O. The molecule has 22 heteroatoms. The topological polar surface area (TPSA) is 273 Å². The van der Waals surface area contributed by atoms with Crippen LogP contribution < -0.4 is 20.8 Å². The Balaban J connectivity index is 1.76. The number of hydrogen-bond donors (Lipinski definition) is 6. The summed E-state index contributed by atoms with van der Waals surface area (Å²) in [6.07, 6.45) is -4.82. The van der Waals surface area contributed by atoms with Gasteiger partial charge in [0.15, 0.2) is 6.33 Å². The summed E-state index contributed by atoms with van der Waals surface area (Å²) < 4.78 is 53.8. The Morgan fingerprint density at radius 2 is 1.97 bits per heavy atom. The van der Waals surface area contributed by atoms with Crippen molar-refractivity contribution >= 4 is 47.8 Å². The second kappa shape index (κ2) is 8.96. The molecule has 3 rings (SSSR count). The molecule has 0 aliphatic carbocycles. The number of anilines is 1. The van der Waals surface area contributed by atoms with Crippen LogP contribution in [0.2, 0.25) is 0 Å². The summed E-state index contributed by atoms with van der Waals surface area (Å²) in [4.78, 5) is 46.8. The number of nitrogens with zero attached hydrogens (tertiary/aromatic N) is 3. The van der Waals surface area contributed by atoms with Crippen LogP contribution in [0.4, 0.5) is 5.95 Å². The highest BCUT2D eigenvalue weighted by atomic mass is 31.3. The van der Waals surface area contributed by atoms with Gasteiger partial charge in [0, 0.05) is 0 Å². The number of ether oxygens (including phenoxy) is 1. The molecule has 7 N–H and O–H groups in total. The van der Waals surface area contributed by atoms with Gasteiger partial charge in [0.25, 0.3) is 26.8 Å². The minimum Gasteiger partial charge on any atom is -0.756 e. The Labute approximate surface area is 184 Å². The van der Waals surface area contributed by atoms with E-state index in [9.17, 15) is 33.6 Å². The van der Waals surface area contributed by atoms with Gasteiger partial charge in [-0.2, -0.15) is 0 Å². The first kappa shape index (κ1) is 26.2. The molecule has 0 aromatic carbocycles. The molecule has 6 atom stereocenters. The van der Waals surface area contributed by atoms with Crippen molar-refractivity contribution in [3.05, 3.63) is 16.7 Å². The van der Waals surface area contributed by atoms with Gasteiger partial charge in [-0.15, -0.1) is 0 Å². The maximum absolute atomic E-state index is 12.1. The average molecular weight is 531 g/mol. The third-order valence-electron chi connectivity index (χ3n) is 4.24. The normalized spacial score (nSPS) is 27.5. The van der Waals surface area contributed by atoms with Crippen molar-refractivity contribution in [3.63, 3.8) is 0 Å². The Morgan fingerprint density at radius 3 is 2.58 bits per heavy atom. The van der Waals surface area contributed by atoms with E-state index in [1.807, 2.05) is 0 Å². The monoisotopic (exact) mass is 531 g/mol. The zero-order valence-corrected chi connectivity index (χ0v) is 19.1. The lowest BCUT2D eigenvalue weighted by Gasteiger charge is -2.26. The summed E-state index contributed by atoms with van der Waals surface area (Å²) >= 11 is 0. The van der Waals surface area contributed by atoms with Gasteiger partial charge in [0.2, 0.25) is 19.3 Å². The zero-order valence-electron chi connectivity index (χ0n) is 16.4. The van der Waals surface area contributed by atoms with Crippen LogP contribution in [-0.2, 0) is 38.6 Å². The molecule has 1 saturated heterocycles. The van der Waals surface area contributed by atoms with E-state index in [1.165, 1.54) is 22.5 Å². The summed E-state index contributed by atoms with van der Waals surface area (Å²) in [7, 11) is -9.91. The van der Waals surface area contributed by atoms with E-state index < -0.39 is 59.8 Å². The van der Waals surface area contributed by atoms with E-state index in [0.717, 1.165) is 0 Å². The first-order valence-corrected chi connectivity index (χ1v) is 13.2. The third kappa shape index (κ3) is 5.97. The molecule has 1 aliphatic rings. The Kier molecular flexibility index (Phi) is 7.10. The fraction of sp³-hybridized carbons (Fsp3) is 0.545. The van der Waals surface area contributed by atoms with E-state index >= 15 is 0 Å². The van der Waals surface area contributed by atoms with Gasteiger partial charge in [0.1, 0.15) is 18.3 Å². The van der Waals surface area contributed by atoms with Crippen LogP contribution in [0.15, 0.2) is 11.1 Å². The second-order valence-corrected chi connectivity index (χ2v) is 11.3. The number of imidazole rings is 1. The number of aryl methyl sites for hydroxylation is 1. The number of nitrogens with two attached hydrogens (primary N) is 1. The van der Waals surface area contributed by atoms with Crippen LogP contribution in [0.5, 0.6) is 0 Å². The number of nitrogen functional groups attached to an aromatic ring is 1. The Bertz CT molecular complexity index is 1260. The molecule has 0 spiro atoms. The first-order chi connectivity index (χ1) is 15.0. The molecule has 3 heterocycles. The van der Waals surface area contributed by atoms with E-state index in [0.29, 0.717) is 0 Å². The largest absolute Gasteiger partial charge is 0.756 e. The predicted molar refractivity (Wildman–Crippen MR) is 103 cm³/mol.